The molecule has 2 rings (SSSR count). The van der Waals surface area contributed by atoms with Gasteiger partial charge in [-0.15, -0.1) is 11.3 Å². The summed E-state index contributed by atoms with van der Waals surface area (Å²) in [6, 6.07) is 13.3. The third-order valence-electron chi connectivity index (χ3n) is 2.58. The minimum Gasteiger partial charge on any atom is -0.352 e. The van der Waals surface area contributed by atoms with Crippen LogP contribution in [-0.2, 0) is 16.1 Å². The van der Waals surface area contributed by atoms with E-state index in [4.69, 9.17) is 0 Å². The smallest absolute Gasteiger partial charge is 0.249 e. The second-order valence-corrected chi connectivity index (χ2v) is 5.23. The van der Waals surface area contributed by atoms with Gasteiger partial charge in [-0.2, -0.15) is 5.10 Å². The van der Waals surface area contributed by atoms with E-state index in [9.17, 15) is 9.59 Å². The van der Waals surface area contributed by atoms with Crippen molar-refractivity contribution in [2.24, 2.45) is 5.10 Å². The second-order valence-electron chi connectivity index (χ2n) is 4.25. The van der Waals surface area contributed by atoms with Crippen molar-refractivity contribution >= 4 is 29.4 Å². The Morgan fingerprint density at radius 3 is 2.62 bits per heavy atom. The first-order valence-corrected chi connectivity index (χ1v) is 7.28. The molecular weight excluding hydrogens is 286 g/mol. The molecule has 2 amide bonds. The van der Waals surface area contributed by atoms with Crippen molar-refractivity contribution in [3.63, 3.8) is 0 Å². The van der Waals surface area contributed by atoms with Crippen molar-refractivity contribution in [2.45, 2.75) is 13.0 Å². The summed E-state index contributed by atoms with van der Waals surface area (Å²) in [5.74, 6) is -0.768. The van der Waals surface area contributed by atoms with E-state index in [1.54, 1.807) is 6.21 Å². The molecule has 0 saturated heterocycles. The van der Waals surface area contributed by atoms with Crippen LogP contribution in [0.15, 0.2) is 52.9 Å². The van der Waals surface area contributed by atoms with Crippen LogP contribution < -0.4 is 10.7 Å². The normalized spacial score (nSPS) is 10.5. The Balaban J connectivity index is 1.68. The third-order valence-corrected chi connectivity index (χ3v) is 3.38. The van der Waals surface area contributed by atoms with Gasteiger partial charge in [-0.05, 0) is 17.0 Å². The Hall–Kier alpha value is -2.47. The van der Waals surface area contributed by atoms with Crippen LogP contribution in [-0.4, -0.2) is 18.0 Å². The molecular formula is C15H15N3O2S. The summed E-state index contributed by atoms with van der Waals surface area (Å²) >= 11 is 1.51. The number of benzene rings is 1. The van der Waals surface area contributed by atoms with Crippen LogP contribution in [0.3, 0.4) is 0 Å². The summed E-state index contributed by atoms with van der Waals surface area (Å²) in [6.45, 7) is 0.408. The third kappa shape index (κ3) is 5.58. The minimum atomic E-state index is -0.437. The number of amides is 2. The van der Waals surface area contributed by atoms with Crippen molar-refractivity contribution in [3.8, 4) is 0 Å². The fourth-order valence-corrected chi connectivity index (χ4v) is 2.16. The molecule has 0 fully saturated rings. The molecule has 2 N–H and O–H groups in total. The predicted molar refractivity (Wildman–Crippen MR) is 83.0 cm³/mol. The maximum absolute atomic E-state index is 11.6. The SMILES string of the molecule is O=C(CC(=O)N/N=C\c1cccs1)NCc1ccccc1. The van der Waals surface area contributed by atoms with Crippen molar-refractivity contribution in [3.05, 3.63) is 58.3 Å². The summed E-state index contributed by atoms with van der Waals surface area (Å²) in [7, 11) is 0. The maximum Gasteiger partial charge on any atom is 0.249 e. The number of nitrogens with one attached hydrogen (secondary N) is 2. The van der Waals surface area contributed by atoms with Crippen LogP contribution in [0.2, 0.25) is 0 Å². The monoisotopic (exact) mass is 301 g/mol. The van der Waals surface area contributed by atoms with Gasteiger partial charge in [-0.25, -0.2) is 5.43 Å². The number of thiophene rings is 1. The van der Waals surface area contributed by atoms with E-state index in [2.05, 4.69) is 15.8 Å². The second kappa shape index (κ2) is 7.96. The molecule has 0 atom stereocenters. The average Bonchev–Trinajstić information content (AvgIpc) is 2.99. The number of carbonyl (C=O) groups excluding carboxylic acids is 2. The lowest BCUT2D eigenvalue weighted by Gasteiger charge is -2.04. The molecule has 21 heavy (non-hydrogen) atoms. The number of hydrazone groups is 1. The highest BCUT2D eigenvalue weighted by Gasteiger charge is 2.07. The van der Waals surface area contributed by atoms with E-state index in [-0.39, 0.29) is 12.3 Å². The van der Waals surface area contributed by atoms with Gasteiger partial charge in [0, 0.05) is 11.4 Å². The molecule has 0 aliphatic carbocycles. The number of nitrogens with zero attached hydrogens (tertiary/aromatic N) is 1. The molecule has 0 spiro atoms. The molecule has 0 radical (unpaired) electrons. The van der Waals surface area contributed by atoms with Gasteiger partial charge < -0.3 is 5.32 Å². The lowest BCUT2D eigenvalue weighted by atomic mass is 10.2. The largest absolute Gasteiger partial charge is 0.352 e. The van der Waals surface area contributed by atoms with Crippen molar-refractivity contribution in [2.75, 3.05) is 0 Å². The number of hydrogen-bond donors (Lipinski definition) is 2. The molecule has 0 bridgehead atoms. The lowest BCUT2D eigenvalue weighted by molar-refractivity contribution is -0.129. The van der Waals surface area contributed by atoms with Gasteiger partial charge in [0.15, 0.2) is 0 Å². The van der Waals surface area contributed by atoms with Gasteiger partial charge in [0.25, 0.3) is 0 Å². The van der Waals surface area contributed by atoms with Gasteiger partial charge in [0.2, 0.25) is 11.8 Å². The molecule has 0 aliphatic heterocycles. The van der Waals surface area contributed by atoms with Crippen molar-refractivity contribution < 1.29 is 9.59 Å². The predicted octanol–water partition coefficient (Wildman–Crippen LogP) is 1.90. The highest BCUT2D eigenvalue weighted by Crippen LogP contribution is 2.04. The molecule has 0 unspecified atom stereocenters. The summed E-state index contributed by atoms with van der Waals surface area (Å²) in [4.78, 5) is 24.0. The summed E-state index contributed by atoms with van der Waals surface area (Å²) in [5, 5.41) is 8.39. The number of hydrogen-bond acceptors (Lipinski definition) is 4. The molecule has 0 saturated carbocycles. The van der Waals surface area contributed by atoms with Gasteiger partial charge in [-0.3, -0.25) is 9.59 Å². The van der Waals surface area contributed by atoms with E-state index in [1.807, 2.05) is 47.8 Å². The highest BCUT2D eigenvalue weighted by molar-refractivity contribution is 7.11. The Morgan fingerprint density at radius 1 is 1.10 bits per heavy atom. The molecule has 108 valence electrons. The lowest BCUT2D eigenvalue weighted by Crippen LogP contribution is -2.29. The number of rotatable bonds is 6. The molecule has 1 aromatic heterocycles. The summed E-state index contributed by atoms with van der Waals surface area (Å²) in [6.07, 6.45) is 1.30. The quantitative estimate of drug-likeness (QED) is 0.486. The summed E-state index contributed by atoms with van der Waals surface area (Å²) < 4.78 is 0. The van der Waals surface area contributed by atoms with Gasteiger partial charge >= 0.3 is 0 Å². The van der Waals surface area contributed by atoms with E-state index in [0.717, 1.165) is 10.4 Å². The fraction of sp³-hybridized carbons (Fsp3) is 0.133. The Bertz CT molecular complexity index is 609. The Kier molecular flexibility index (Phi) is 5.66. The van der Waals surface area contributed by atoms with Crippen molar-refractivity contribution in [1.82, 2.24) is 10.7 Å². The first-order valence-electron chi connectivity index (χ1n) is 6.40. The van der Waals surface area contributed by atoms with Gasteiger partial charge in [0.1, 0.15) is 6.42 Å². The maximum atomic E-state index is 11.6. The average molecular weight is 301 g/mol. The van der Waals surface area contributed by atoms with E-state index in [1.165, 1.54) is 11.3 Å². The van der Waals surface area contributed by atoms with E-state index < -0.39 is 5.91 Å². The molecule has 0 aliphatic rings. The standard InChI is InChI=1S/C15H15N3O2S/c19-14(16-10-12-5-2-1-3-6-12)9-15(20)18-17-11-13-7-4-8-21-13/h1-8,11H,9-10H2,(H,16,19)(H,18,20)/b17-11-. The molecule has 2 aromatic rings. The van der Waals surface area contributed by atoms with E-state index >= 15 is 0 Å². The highest BCUT2D eigenvalue weighted by atomic mass is 32.1. The molecule has 5 nitrogen and oxygen atoms in total. The Labute approximate surface area is 126 Å². The zero-order chi connectivity index (χ0) is 14.9. The van der Waals surface area contributed by atoms with Gasteiger partial charge in [-0.1, -0.05) is 36.4 Å². The summed E-state index contributed by atoms with van der Waals surface area (Å²) in [5.41, 5.74) is 3.31. The molecule has 1 aromatic carbocycles. The zero-order valence-electron chi connectivity index (χ0n) is 11.3. The topological polar surface area (TPSA) is 70.6 Å². The molecule has 6 heteroatoms. The zero-order valence-corrected chi connectivity index (χ0v) is 12.1. The minimum absolute atomic E-state index is 0.241. The van der Waals surface area contributed by atoms with Crippen LogP contribution in [0.5, 0.6) is 0 Å². The van der Waals surface area contributed by atoms with E-state index in [0.29, 0.717) is 6.54 Å². The van der Waals surface area contributed by atoms with Crippen LogP contribution in [0, 0.1) is 0 Å². The van der Waals surface area contributed by atoms with Crippen LogP contribution >= 0.6 is 11.3 Å². The van der Waals surface area contributed by atoms with Gasteiger partial charge in [0.05, 0.1) is 6.21 Å². The van der Waals surface area contributed by atoms with Crippen LogP contribution in [0.25, 0.3) is 0 Å². The first kappa shape index (κ1) is 14.9. The van der Waals surface area contributed by atoms with Crippen LogP contribution in [0.1, 0.15) is 16.9 Å². The fourth-order valence-electron chi connectivity index (χ4n) is 1.58. The van der Waals surface area contributed by atoms with Crippen LogP contribution in [0.4, 0.5) is 0 Å². The Morgan fingerprint density at radius 2 is 1.90 bits per heavy atom. The van der Waals surface area contributed by atoms with Crippen molar-refractivity contribution in [1.29, 1.82) is 0 Å². The first-order chi connectivity index (χ1) is 10.2. The molecule has 1 heterocycles. The number of carbonyl (C=O) groups is 2.